The first-order valence-corrected chi connectivity index (χ1v) is 8.10. The second kappa shape index (κ2) is 6.55. The average Bonchev–Trinajstić information content (AvgIpc) is 2.91. The molecular weight excluding hydrogens is 236 g/mol. The summed E-state index contributed by atoms with van der Waals surface area (Å²) in [4.78, 5) is 2.51. The van der Waals surface area contributed by atoms with Gasteiger partial charge < -0.3 is 10.5 Å². The Morgan fingerprint density at radius 2 is 1.95 bits per heavy atom. The normalized spacial score (nSPS) is 36.3. The summed E-state index contributed by atoms with van der Waals surface area (Å²) in [5.74, 6) is 1.72. The fourth-order valence-corrected chi connectivity index (χ4v) is 3.87. The molecule has 112 valence electrons. The maximum absolute atomic E-state index is 6.15. The summed E-state index contributed by atoms with van der Waals surface area (Å²) in [7, 11) is 2.25. The zero-order valence-corrected chi connectivity index (χ0v) is 13.0. The van der Waals surface area contributed by atoms with Gasteiger partial charge in [0.2, 0.25) is 0 Å². The molecule has 1 heterocycles. The molecule has 0 aromatic carbocycles. The molecule has 2 N–H and O–H groups in total. The second-order valence-corrected chi connectivity index (χ2v) is 7.03. The highest BCUT2D eigenvalue weighted by atomic mass is 16.5. The standard InChI is InChI=1S/C16H32N2O/c1-13(2)14-6-8-16(12-17,9-7-14)18(3)11-15-5-4-10-19-15/h13-15H,4-12,17H2,1-3H3. The molecular formula is C16H32N2O. The molecule has 3 nitrogen and oxygen atoms in total. The SMILES string of the molecule is CC(C)C1CCC(CN)(N(C)CC2CCCO2)CC1. The van der Waals surface area contributed by atoms with Gasteiger partial charge in [0.25, 0.3) is 0 Å². The van der Waals surface area contributed by atoms with Crippen molar-refractivity contribution in [3.63, 3.8) is 0 Å². The van der Waals surface area contributed by atoms with Crippen LogP contribution in [0.1, 0.15) is 52.4 Å². The Morgan fingerprint density at radius 1 is 1.26 bits per heavy atom. The summed E-state index contributed by atoms with van der Waals surface area (Å²) >= 11 is 0. The summed E-state index contributed by atoms with van der Waals surface area (Å²) in [6.45, 7) is 7.51. The van der Waals surface area contributed by atoms with E-state index in [2.05, 4.69) is 25.8 Å². The lowest BCUT2D eigenvalue weighted by Gasteiger charge is -2.47. The van der Waals surface area contributed by atoms with E-state index in [4.69, 9.17) is 10.5 Å². The number of likely N-dealkylation sites (N-methyl/N-ethyl adjacent to an activating group) is 1. The lowest BCUT2D eigenvalue weighted by molar-refractivity contribution is 0.00901. The largest absolute Gasteiger partial charge is 0.377 e. The van der Waals surface area contributed by atoms with Gasteiger partial charge in [-0.2, -0.15) is 0 Å². The Kier molecular flexibility index (Phi) is 5.27. The van der Waals surface area contributed by atoms with E-state index in [-0.39, 0.29) is 5.54 Å². The van der Waals surface area contributed by atoms with Crippen LogP contribution < -0.4 is 5.73 Å². The third-order valence-electron chi connectivity index (χ3n) is 5.59. The van der Waals surface area contributed by atoms with Gasteiger partial charge in [-0.15, -0.1) is 0 Å². The van der Waals surface area contributed by atoms with Gasteiger partial charge in [-0.1, -0.05) is 13.8 Å². The van der Waals surface area contributed by atoms with E-state index in [0.717, 1.165) is 31.5 Å². The molecule has 1 saturated heterocycles. The molecule has 2 fully saturated rings. The molecule has 2 aliphatic rings. The summed E-state index contributed by atoms with van der Waals surface area (Å²) < 4.78 is 5.78. The van der Waals surface area contributed by atoms with Gasteiger partial charge >= 0.3 is 0 Å². The van der Waals surface area contributed by atoms with Crippen LogP contribution in [-0.4, -0.2) is 43.3 Å². The average molecular weight is 268 g/mol. The van der Waals surface area contributed by atoms with Gasteiger partial charge in [-0.25, -0.2) is 0 Å². The van der Waals surface area contributed by atoms with Crippen molar-refractivity contribution in [2.75, 3.05) is 26.7 Å². The number of hydrogen-bond acceptors (Lipinski definition) is 3. The molecule has 0 amide bonds. The van der Waals surface area contributed by atoms with Crippen LogP contribution in [0, 0.1) is 11.8 Å². The van der Waals surface area contributed by atoms with E-state index in [0.29, 0.717) is 6.10 Å². The number of rotatable bonds is 5. The fourth-order valence-electron chi connectivity index (χ4n) is 3.87. The van der Waals surface area contributed by atoms with Gasteiger partial charge in [0.15, 0.2) is 0 Å². The topological polar surface area (TPSA) is 38.5 Å². The van der Waals surface area contributed by atoms with Crippen LogP contribution >= 0.6 is 0 Å². The third-order valence-corrected chi connectivity index (χ3v) is 5.59. The summed E-state index contributed by atoms with van der Waals surface area (Å²) in [6.07, 6.45) is 8.08. The molecule has 1 aliphatic carbocycles. The molecule has 2 rings (SSSR count). The Morgan fingerprint density at radius 3 is 2.42 bits per heavy atom. The molecule has 0 aromatic heterocycles. The minimum Gasteiger partial charge on any atom is -0.377 e. The van der Waals surface area contributed by atoms with Crippen LogP contribution in [-0.2, 0) is 4.74 Å². The molecule has 3 heteroatoms. The summed E-state index contributed by atoms with van der Waals surface area (Å²) in [5, 5.41) is 0. The number of nitrogens with zero attached hydrogens (tertiary/aromatic N) is 1. The predicted octanol–water partition coefficient (Wildman–Crippen LogP) is 2.64. The third kappa shape index (κ3) is 3.50. The maximum atomic E-state index is 6.15. The highest BCUT2D eigenvalue weighted by molar-refractivity contribution is 4.96. The monoisotopic (exact) mass is 268 g/mol. The molecule has 1 unspecified atom stereocenters. The number of hydrogen-bond donors (Lipinski definition) is 1. The Balaban J connectivity index is 1.90. The maximum Gasteiger partial charge on any atom is 0.0702 e. The van der Waals surface area contributed by atoms with Gasteiger partial charge in [0.1, 0.15) is 0 Å². The second-order valence-electron chi connectivity index (χ2n) is 7.03. The minimum absolute atomic E-state index is 0.233. The van der Waals surface area contributed by atoms with Crippen molar-refractivity contribution in [2.45, 2.75) is 64.0 Å². The summed E-state index contributed by atoms with van der Waals surface area (Å²) in [5.41, 5.74) is 6.39. The minimum atomic E-state index is 0.233. The zero-order chi connectivity index (χ0) is 13.9. The molecule has 0 spiro atoms. The molecule has 0 radical (unpaired) electrons. The lowest BCUT2D eigenvalue weighted by Crippen LogP contribution is -2.56. The summed E-state index contributed by atoms with van der Waals surface area (Å²) in [6, 6.07) is 0. The predicted molar refractivity (Wildman–Crippen MR) is 80.2 cm³/mol. The molecule has 1 aliphatic heterocycles. The van der Waals surface area contributed by atoms with Crippen molar-refractivity contribution in [3.05, 3.63) is 0 Å². The number of ether oxygens (including phenoxy) is 1. The quantitative estimate of drug-likeness (QED) is 0.833. The molecule has 0 aromatic rings. The number of nitrogens with two attached hydrogens (primary N) is 1. The van der Waals surface area contributed by atoms with E-state index in [1.165, 1.54) is 38.5 Å². The van der Waals surface area contributed by atoms with Gasteiger partial charge in [0.05, 0.1) is 6.10 Å². The van der Waals surface area contributed by atoms with Gasteiger partial charge in [0, 0.05) is 25.2 Å². The Labute approximate surface area is 118 Å². The molecule has 1 atom stereocenters. The van der Waals surface area contributed by atoms with Crippen molar-refractivity contribution in [1.82, 2.24) is 4.90 Å². The van der Waals surface area contributed by atoms with Crippen molar-refractivity contribution in [2.24, 2.45) is 17.6 Å². The van der Waals surface area contributed by atoms with E-state index in [1.54, 1.807) is 0 Å². The van der Waals surface area contributed by atoms with Gasteiger partial charge in [-0.05, 0) is 57.4 Å². The lowest BCUT2D eigenvalue weighted by atomic mass is 9.72. The molecule has 1 saturated carbocycles. The highest BCUT2D eigenvalue weighted by Crippen LogP contribution is 2.38. The first-order chi connectivity index (χ1) is 9.07. The van der Waals surface area contributed by atoms with Crippen LogP contribution in [0.5, 0.6) is 0 Å². The van der Waals surface area contributed by atoms with Crippen LogP contribution in [0.3, 0.4) is 0 Å². The highest BCUT2D eigenvalue weighted by Gasteiger charge is 2.39. The van der Waals surface area contributed by atoms with E-state index in [9.17, 15) is 0 Å². The Bertz CT molecular complexity index is 266. The fraction of sp³-hybridized carbons (Fsp3) is 1.00. The van der Waals surface area contributed by atoms with Crippen LogP contribution in [0.15, 0.2) is 0 Å². The van der Waals surface area contributed by atoms with Crippen molar-refractivity contribution < 1.29 is 4.74 Å². The van der Waals surface area contributed by atoms with Crippen molar-refractivity contribution in [3.8, 4) is 0 Å². The van der Waals surface area contributed by atoms with Crippen LogP contribution in [0.2, 0.25) is 0 Å². The van der Waals surface area contributed by atoms with E-state index >= 15 is 0 Å². The van der Waals surface area contributed by atoms with Crippen molar-refractivity contribution >= 4 is 0 Å². The van der Waals surface area contributed by atoms with Gasteiger partial charge in [-0.3, -0.25) is 4.90 Å². The first kappa shape index (κ1) is 15.3. The Hall–Kier alpha value is -0.120. The van der Waals surface area contributed by atoms with Crippen molar-refractivity contribution in [1.29, 1.82) is 0 Å². The molecule has 0 bridgehead atoms. The van der Waals surface area contributed by atoms with Crippen LogP contribution in [0.25, 0.3) is 0 Å². The zero-order valence-electron chi connectivity index (χ0n) is 13.0. The van der Waals surface area contributed by atoms with E-state index < -0.39 is 0 Å². The molecule has 19 heavy (non-hydrogen) atoms. The smallest absolute Gasteiger partial charge is 0.0702 e. The van der Waals surface area contributed by atoms with Crippen LogP contribution in [0.4, 0.5) is 0 Å². The first-order valence-electron chi connectivity index (χ1n) is 8.10. The van der Waals surface area contributed by atoms with E-state index in [1.807, 2.05) is 0 Å².